The van der Waals surface area contributed by atoms with Crippen molar-refractivity contribution in [1.29, 1.82) is 0 Å². The van der Waals surface area contributed by atoms with Crippen LogP contribution in [0.25, 0.3) is 11.5 Å². The highest BCUT2D eigenvalue weighted by Gasteiger charge is 2.18. The molecule has 1 aliphatic rings. The molecule has 2 amide bonds. The number of carbonyl (C=O) groups excluding carboxylic acids is 1. The van der Waals surface area contributed by atoms with Crippen molar-refractivity contribution in [3.8, 4) is 17.2 Å². The summed E-state index contributed by atoms with van der Waals surface area (Å²) in [5, 5.41) is 13.6. The topological polar surface area (TPSA) is 102 Å². The van der Waals surface area contributed by atoms with Gasteiger partial charge in [0.15, 0.2) is 0 Å². The molecule has 9 heteroatoms. The van der Waals surface area contributed by atoms with Crippen LogP contribution in [0.3, 0.4) is 0 Å². The van der Waals surface area contributed by atoms with E-state index < -0.39 is 0 Å². The summed E-state index contributed by atoms with van der Waals surface area (Å²) in [5.41, 5.74) is 1.23. The number of nitrogens with zero attached hydrogens (tertiary/aromatic N) is 3. The van der Waals surface area contributed by atoms with Crippen LogP contribution in [0.5, 0.6) is 5.75 Å². The minimum atomic E-state index is -0.306. The summed E-state index contributed by atoms with van der Waals surface area (Å²) in [4.78, 5) is 14.6. The highest BCUT2D eigenvalue weighted by Crippen LogP contribution is 2.30. The Morgan fingerprint density at radius 1 is 1.41 bits per heavy atom. The van der Waals surface area contributed by atoms with Gasteiger partial charge in [-0.2, -0.15) is 0 Å². The molecule has 9 nitrogen and oxygen atoms in total. The molecule has 0 bridgehead atoms. The summed E-state index contributed by atoms with van der Waals surface area (Å²) >= 11 is 0. The van der Waals surface area contributed by atoms with Crippen molar-refractivity contribution in [1.82, 2.24) is 20.4 Å². The summed E-state index contributed by atoms with van der Waals surface area (Å²) in [6.45, 7) is 5.40. The van der Waals surface area contributed by atoms with Crippen molar-refractivity contribution >= 4 is 11.7 Å². The monoisotopic (exact) mass is 375 g/mol. The molecule has 1 atom stereocenters. The van der Waals surface area contributed by atoms with Crippen molar-refractivity contribution in [2.24, 2.45) is 5.92 Å². The molecule has 2 aromatic rings. The normalized spacial score (nSPS) is 18.0. The number of aryl methyl sites for hydroxylation is 1. The number of carbonyl (C=O) groups is 1. The van der Waals surface area contributed by atoms with Gasteiger partial charge in [-0.05, 0) is 25.2 Å². The van der Waals surface area contributed by atoms with E-state index in [0.29, 0.717) is 41.9 Å². The molecule has 1 saturated heterocycles. The van der Waals surface area contributed by atoms with Gasteiger partial charge in [0, 0.05) is 38.0 Å². The molecule has 1 aromatic carbocycles. The first kappa shape index (κ1) is 19.1. The number of hydrogen-bond donors (Lipinski definition) is 2. The molecule has 3 rings (SSSR count). The van der Waals surface area contributed by atoms with Crippen LogP contribution in [0.15, 0.2) is 22.6 Å². The molecular weight excluding hydrogens is 350 g/mol. The smallest absolute Gasteiger partial charge is 0.319 e. The zero-order valence-corrected chi connectivity index (χ0v) is 15.8. The van der Waals surface area contributed by atoms with Crippen LogP contribution in [0, 0.1) is 12.8 Å². The number of aromatic nitrogens is 2. The maximum Gasteiger partial charge on any atom is 0.319 e. The number of likely N-dealkylation sites (N-methyl/N-ethyl adjacent to an activating group) is 1. The first-order valence-electron chi connectivity index (χ1n) is 8.85. The Morgan fingerprint density at radius 3 is 3.00 bits per heavy atom. The number of nitrogens with one attached hydrogen (secondary N) is 2. The average Bonchev–Trinajstić information content (AvgIpc) is 2.98. The van der Waals surface area contributed by atoms with Crippen LogP contribution in [-0.4, -0.2) is 68.1 Å². The minimum Gasteiger partial charge on any atom is -0.495 e. The summed E-state index contributed by atoms with van der Waals surface area (Å²) in [6, 6.07) is 4.99. The highest BCUT2D eigenvalue weighted by atomic mass is 16.5. The zero-order valence-electron chi connectivity index (χ0n) is 15.8. The molecule has 146 valence electrons. The Hall–Kier alpha value is -2.65. The number of hydrogen-bond acceptors (Lipinski definition) is 7. The van der Waals surface area contributed by atoms with Gasteiger partial charge in [0.05, 0.1) is 26.0 Å². The number of benzene rings is 1. The van der Waals surface area contributed by atoms with Crippen molar-refractivity contribution in [2.45, 2.75) is 6.92 Å². The van der Waals surface area contributed by atoms with E-state index in [-0.39, 0.29) is 11.9 Å². The van der Waals surface area contributed by atoms with Crippen LogP contribution in [0.2, 0.25) is 0 Å². The molecular formula is C18H25N5O4. The largest absolute Gasteiger partial charge is 0.495 e. The van der Waals surface area contributed by atoms with Crippen LogP contribution in [0.4, 0.5) is 10.5 Å². The Bertz CT molecular complexity index is 779. The first-order valence-corrected chi connectivity index (χ1v) is 8.85. The van der Waals surface area contributed by atoms with Crippen molar-refractivity contribution < 1.29 is 18.7 Å². The van der Waals surface area contributed by atoms with E-state index in [1.54, 1.807) is 32.2 Å². The number of ether oxygens (including phenoxy) is 2. The predicted octanol–water partition coefficient (Wildman–Crippen LogP) is 1.75. The van der Waals surface area contributed by atoms with Gasteiger partial charge in [-0.25, -0.2) is 4.79 Å². The first-order chi connectivity index (χ1) is 13.0. The third-order valence-electron chi connectivity index (χ3n) is 4.31. The van der Waals surface area contributed by atoms with Gasteiger partial charge in [0.25, 0.3) is 0 Å². The van der Waals surface area contributed by atoms with Crippen LogP contribution in [0.1, 0.15) is 5.89 Å². The quantitative estimate of drug-likeness (QED) is 0.821. The summed E-state index contributed by atoms with van der Waals surface area (Å²) in [6.07, 6.45) is 0. The fourth-order valence-corrected chi connectivity index (χ4v) is 2.93. The number of methoxy groups -OCH3 is 1. The second-order valence-corrected chi connectivity index (χ2v) is 6.58. The maximum atomic E-state index is 12.4. The molecule has 1 aliphatic heterocycles. The number of rotatable bonds is 5. The number of anilines is 1. The Labute approximate surface area is 158 Å². The summed E-state index contributed by atoms with van der Waals surface area (Å²) < 4.78 is 16.3. The molecule has 0 saturated carbocycles. The SMILES string of the molecule is COc1ccc(-c2nnc(C)o2)cc1NC(=O)NC[C@H]1COCCN(C)C1. The highest BCUT2D eigenvalue weighted by molar-refractivity contribution is 5.91. The van der Waals surface area contributed by atoms with E-state index in [9.17, 15) is 4.79 Å². The lowest BCUT2D eigenvalue weighted by molar-refractivity contribution is 0.122. The lowest BCUT2D eigenvalue weighted by Gasteiger charge is -2.19. The third-order valence-corrected chi connectivity index (χ3v) is 4.31. The lowest BCUT2D eigenvalue weighted by atomic mass is 10.1. The van der Waals surface area contributed by atoms with Gasteiger partial charge in [0.1, 0.15) is 5.75 Å². The van der Waals surface area contributed by atoms with E-state index >= 15 is 0 Å². The summed E-state index contributed by atoms with van der Waals surface area (Å²) in [5.74, 6) is 1.65. The van der Waals surface area contributed by atoms with Gasteiger partial charge in [-0.3, -0.25) is 0 Å². The summed E-state index contributed by atoms with van der Waals surface area (Å²) in [7, 11) is 3.60. The van der Waals surface area contributed by atoms with Crippen LogP contribution < -0.4 is 15.4 Å². The minimum absolute atomic E-state index is 0.248. The lowest BCUT2D eigenvalue weighted by Crippen LogP contribution is -2.37. The van der Waals surface area contributed by atoms with Gasteiger partial charge in [-0.15, -0.1) is 10.2 Å². The van der Waals surface area contributed by atoms with Crippen molar-refractivity contribution in [3.63, 3.8) is 0 Å². The Morgan fingerprint density at radius 2 is 2.26 bits per heavy atom. The third kappa shape index (κ3) is 5.18. The van der Waals surface area contributed by atoms with Crippen LogP contribution in [-0.2, 0) is 4.74 Å². The average molecular weight is 375 g/mol. The van der Waals surface area contributed by atoms with E-state index in [4.69, 9.17) is 13.9 Å². The maximum absolute atomic E-state index is 12.4. The molecule has 1 fully saturated rings. The van der Waals surface area contributed by atoms with E-state index in [1.807, 2.05) is 0 Å². The van der Waals surface area contributed by atoms with Crippen molar-refractivity contribution in [3.05, 3.63) is 24.1 Å². The number of amides is 2. The van der Waals surface area contributed by atoms with E-state index in [2.05, 4.69) is 32.8 Å². The second kappa shape index (κ2) is 8.83. The standard InChI is InChI=1S/C18H25N5O4/c1-12-21-22-17(27-12)14-4-5-16(25-3)15(8-14)20-18(24)19-9-13-10-23(2)6-7-26-11-13/h4-5,8,13H,6-7,9-11H2,1-3H3,(H2,19,20,24)/t13-/m1/s1. The molecule has 0 spiro atoms. The fourth-order valence-electron chi connectivity index (χ4n) is 2.93. The molecule has 0 aliphatic carbocycles. The zero-order chi connectivity index (χ0) is 19.2. The molecule has 2 N–H and O–H groups in total. The molecule has 0 unspecified atom stereocenters. The molecule has 27 heavy (non-hydrogen) atoms. The fraction of sp³-hybridized carbons (Fsp3) is 0.500. The van der Waals surface area contributed by atoms with Crippen LogP contribution >= 0.6 is 0 Å². The van der Waals surface area contributed by atoms with E-state index in [1.165, 1.54) is 0 Å². The Balaban J connectivity index is 1.63. The molecule has 1 aromatic heterocycles. The predicted molar refractivity (Wildman–Crippen MR) is 99.9 cm³/mol. The molecule has 0 radical (unpaired) electrons. The van der Waals surface area contributed by atoms with Gasteiger partial charge in [0.2, 0.25) is 11.8 Å². The molecule has 2 heterocycles. The second-order valence-electron chi connectivity index (χ2n) is 6.58. The van der Waals surface area contributed by atoms with Gasteiger partial charge >= 0.3 is 6.03 Å². The van der Waals surface area contributed by atoms with E-state index in [0.717, 1.165) is 19.7 Å². The van der Waals surface area contributed by atoms with Gasteiger partial charge < -0.3 is 29.4 Å². The van der Waals surface area contributed by atoms with Gasteiger partial charge in [-0.1, -0.05) is 0 Å². The van der Waals surface area contributed by atoms with Crippen molar-refractivity contribution in [2.75, 3.05) is 52.3 Å². The Kier molecular flexibility index (Phi) is 6.25. The number of urea groups is 1.